The molecular weight excluding hydrogens is 298 g/mol. The number of rotatable bonds is 6. The van der Waals surface area contributed by atoms with Crippen LogP contribution in [0.25, 0.3) is 0 Å². The first-order valence-corrected chi connectivity index (χ1v) is 7.63. The van der Waals surface area contributed by atoms with Gasteiger partial charge in [-0.15, -0.1) is 0 Å². The zero-order valence-corrected chi connectivity index (χ0v) is 13.6. The van der Waals surface area contributed by atoms with Crippen molar-refractivity contribution < 1.29 is 9.53 Å². The number of methoxy groups -OCH3 is 1. The second-order valence-corrected chi connectivity index (χ2v) is 5.79. The van der Waals surface area contributed by atoms with Crippen LogP contribution in [0.5, 0.6) is 0 Å². The van der Waals surface area contributed by atoms with Gasteiger partial charge in [0, 0.05) is 17.3 Å². The minimum atomic E-state index is -0.326. The molecule has 0 saturated heterocycles. The summed E-state index contributed by atoms with van der Waals surface area (Å²) in [6.45, 7) is 2.94. The Hall–Kier alpha value is -2.00. The Morgan fingerprint density at radius 3 is 2.55 bits per heavy atom. The summed E-state index contributed by atoms with van der Waals surface area (Å²) in [7, 11) is 1.39. The van der Waals surface area contributed by atoms with Crippen LogP contribution in [0.2, 0.25) is 5.02 Å². The number of carbonyl (C=O) groups excluding carboxylic acids is 1. The normalized spacial score (nSPS) is 11.8. The molecule has 116 valence electrons. The lowest BCUT2D eigenvalue weighted by atomic mass is 10.0. The van der Waals surface area contributed by atoms with E-state index in [-0.39, 0.29) is 5.97 Å². The van der Waals surface area contributed by atoms with Crippen LogP contribution in [-0.2, 0) is 11.2 Å². The van der Waals surface area contributed by atoms with Crippen LogP contribution in [0.3, 0.4) is 0 Å². The number of hydrogen-bond acceptors (Lipinski definition) is 3. The van der Waals surface area contributed by atoms with Crippen LogP contribution in [0.1, 0.15) is 22.8 Å². The highest BCUT2D eigenvalue weighted by Gasteiger charge is 2.11. The summed E-state index contributed by atoms with van der Waals surface area (Å²) >= 11 is 5.89. The predicted molar refractivity (Wildman–Crippen MR) is 90.6 cm³/mol. The fraction of sp³-hybridized carbons (Fsp3) is 0.278. The lowest BCUT2D eigenvalue weighted by molar-refractivity contribution is 0.0602. The lowest BCUT2D eigenvalue weighted by Gasteiger charge is -2.15. The van der Waals surface area contributed by atoms with Crippen molar-refractivity contribution in [3.63, 3.8) is 0 Å². The van der Waals surface area contributed by atoms with Crippen LogP contribution in [0.15, 0.2) is 48.5 Å². The summed E-state index contributed by atoms with van der Waals surface area (Å²) in [5.74, 6) is 0.0975. The molecular formula is C18H20ClNO2. The maximum Gasteiger partial charge on any atom is 0.339 e. The third kappa shape index (κ3) is 4.50. The predicted octanol–water partition coefficient (Wildman–Crippen LogP) is 4.42. The molecule has 2 rings (SSSR count). The van der Waals surface area contributed by atoms with E-state index >= 15 is 0 Å². The van der Waals surface area contributed by atoms with Gasteiger partial charge in [-0.3, -0.25) is 0 Å². The Morgan fingerprint density at radius 2 is 1.86 bits per heavy atom. The number of para-hydroxylation sites is 1. The highest BCUT2D eigenvalue weighted by molar-refractivity contribution is 6.30. The second kappa shape index (κ2) is 7.85. The molecule has 3 nitrogen and oxygen atoms in total. The fourth-order valence-corrected chi connectivity index (χ4v) is 2.43. The van der Waals surface area contributed by atoms with E-state index in [4.69, 9.17) is 16.3 Å². The van der Waals surface area contributed by atoms with Gasteiger partial charge in [0.25, 0.3) is 0 Å². The Labute approximate surface area is 136 Å². The van der Waals surface area contributed by atoms with Crippen molar-refractivity contribution in [2.45, 2.75) is 13.3 Å². The number of hydrogen-bond donors (Lipinski definition) is 1. The number of anilines is 1. The SMILES string of the molecule is COC(=O)c1ccccc1NCC(C)Cc1ccc(Cl)cc1. The maximum absolute atomic E-state index is 11.7. The van der Waals surface area contributed by atoms with Crippen LogP contribution in [-0.4, -0.2) is 19.6 Å². The number of halogens is 1. The van der Waals surface area contributed by atoms with Gasteiger partial charge in [-0.05, 0) is 42.2 Å². The molecule has 0 aliphatic heterocycles. The largest absolute Gasteiger partial charge is 0.465 e. The number of carbonyl (C=O) groups is 1. The topological polar surface area (TPSA) is 38.3 Å². The maximum atomic E-state index is 11.7. The zero-order chi connectivity index (χ0) is 15.9. The summed E-state index contributed by atoms with van der Waals surface area (Å²) in [4.78, 5) is 11.7. The van der Waals surface area contributed by atoms with E-state index in [0.717, 1.165) is 23.7 Å². The molecule has 1 atom stereocenters. The summed E-state index contributed by atoms with van der Waals surface area (Å²) in [5.41, 5.74) is 2.61. The van der Waals surface area contributed by atoms with E-state index in [2.05, 4.69) is 12.2 Å². The van der Waals surface area contributed by atoms with Crippen molar-refractivity contribution in [1.82, 2.24) is 0 Å². The Morgan fingerprint density at radius 1 is 1.18 bits per heavy atom. The van der Waals surface area contributed by atoms with Crippen molar-refractivity contribution in [2.75, 3.05) is 19.0 Å². The monoisotopic (exact) mass is 317 g/mol. The second-order valence-electron chi connectivity index (χ2n) is 5.35. The molecule has 1 N–H and O–H groups in total. The van der Waals surface area contributed by atoms with E-state index in [1.807, 2.05) is 42.5 Å². The molecule has 0 spiro atoms. The summed E-state index contributed by atoms with van der Waals surface area (Å²) in [6, 6.07) is 15.3. The Bertz CT molecular complexity index is 625. The van der Waals surface area contributed by atoms with Crippen LogP contribution < -0.4 is 5.32 Å². The molecule has 1 unspecified atom stereocenters. The average Bonchev–Trinajstić information content (AvgIpc) is 2.54. The van der Waals surface area contributed by atoms with E-state index < -0.39 is 0 Å². The molecule has 4 heteroatoms. The quantitative estimate of drug-likeness (QED) is 0.802. The van der Waals surface area contributed by atoms with Crippen molar-refractivity contribution in [2.24, 2.45) is 5.92 Å². The molecule has 0 radical (unpaired) electrons. The van der Waals surface area contributed by atoms with Gasteiger partial charge < -0.3 is 10.1 Å². The average molecular weight is 318 g/mol. The van der Waals surface area contributed by atoms with E-state index in [9.17, 15) is 4.79 Å². The first-order chi connectivity index (χ1) is 10.6. The molecule has 0 aromatic heterocycles. The first-order valence-electron chi connectivity index (χ1n) is 7.26. The van der Waals surface area contributed by atoms with Gasteiger partial charge in [-0.2, -0.15) is 0 Å². The lowest BCUT2D eigenvalue weighted by Crippen LogP contribution is -2.16. The third-order valence-electron chi connectivity index (χ3n) is 3.47. The summed E-state index contributed by atoms with van der Waals surface area (Å²) in [6.07, 6.45) is 0.949. The molecule has 22 heavy (non-hydrogen) atoms. The molecule has 0 fully saturated rings. The fourth-order valence-electron chi connectivity index (χ4n) is 2.30. The molecule has 2 aromatic carbocycles. The number of nitrogens with one attached hydrogen (secondary N) is 1. The van der Waals surface area contributed by atoms with Crippen molar-refractivity contribution in [1.29, 1.82) is 0 Å². The van der Waals surface area contributed by atoms with Crippen molar-refractivity contribution >= 4 is 23.3 Å². The highest BCUT2D eigenvalue weighted by Crippen LogP contribution is 2.18. The first kappa shape index (κ1) is 16.4. The Kier molecular flexibility index (Phi) is 5.84. The smallest absolute Gasteiger partial charge is 0.339 e. The van der Waals surface area contributed by atoms with Crippen LogP contribution >= 0.6 is 11.6 Å². The standard InChI is InChI=1S/C18H20ClNO2/c1-13(11-14-7-9-15(19)10-8-14)12-20-17-6-4-3-5-16(17)18(21)22-2/h3-10,13,20H,11-12H2,1-2H3. The number of ether oxygens (including phenoxy) is 1. The number of esters is 1. The van der Waals surface area contributed by atoms with Gasteiger partial charge in [-0.1, -0.05) is 42.8 Å². The minimum absolute atomic E-state index is 0.326. The van der Waals surface area contributed by atoms with Crippen LogP contribution in [0, 0.1) is 5.92 Å². The Balaban J connectivity index is 1.95. The van der Waals surface area contributed by atoms with Gasteiger partial charge in [0.2, 0.25) is 0 Å². The molecule has 0 heterocycles. The summed E-state index contributed by atoms with van der Waals surface area (Å²) < 4.78 is 4.80. The van der Waals surface area contributed by atoms with E-state index in [1.165, 1.54) is 12.7 Å². The van der Waals surface area contributed by atoms with E-state index in [1.54, 1.807) is 6.07 Å². The third-order valence-corrected chi connectivity index (χ3v) is 3.72. The minimum Gasteiger partial charge on any atom is -0.465 e. The molecule has 0 aliphatic carbocycles. The van der Waals surface area contributed by atoms with Gasteiger partial charge in [0.1, 0.15) is 0 Å². The van der Waals surface area contributed by atoms with E-state index in [0.29, 0.717) is 11.5 Å². The highest BCUT2D eigenvalue weighted by atomic mass is 35.5. The molecule has 0 amide bonds. The molecule has 0 bridgehead atoms. The molecule has 0 saturated carbocycles. The molecule has 0 aliphatic rings. The summed E-state index contributed by atoms with van der Waals surface area (Å²) in [5, 5.41) is 4.08. The van der Waals surface area contributed by atoms with Crippen molar-refractivity contribution in [3.05, 3.63) is 64.7 Å². The van der Waals surface area contributed by atoms with Crippen LogP contribution in [0.4, 0.5) is 5.69 Å². The van der Waals surface area contributed by atoms with Crippen molar-refractivity contribution in [3.8, 4) is 0 Å². The van der Waals surface area contributed by atoms with Gasteiger partial charge in [0.15, 0.2) is 0 Å². The molecule has 2 aromatic rings. The van der Waals surface area contributed by atoms with Gasteiger partial charge in [0.05, 0.1) is 12.7 Å². The van der Waals surface area contributed by atoms with Gasteiger partial charge >= 0.3 is 5.97 Å². The number of benzene rings is 2. The van der Waals surface area contributed by atoms with Gasteiger partial charge in [-0.25, -0.2) is 4.79 Å². The zero-order valence-electron chi connectivity index (χ0n) is 12.8.